The Labute approximate surface area is 178 Å². The van der Waals surface area contributed by atoms with Crippen molar-refractivity contribution in [2.45, 2.75) is 11.7 Å². The zero-order valence-corrected chi connectivity index (χ0v) is 17.8. The van der Waals surface area contributed by atoms with Crippen LogP contribution in [0.25, 0.3) is 11.4 Å². The van der Waals surface area contributed by atoms with E-state index in [1.165, 1.54) is 18.9 Å². The molecule has 0 aliphatic rings. The molecule has 3 rings (SSSR count). The number of carbonyl (C=O) groups is 1. The van der Waals surface area contributed by atoms with Crippen molar-refractivity contribution in [3.05, 3.63) is 42.7 Å². The topological polar surface area (TPSA) is 100 Å². The number of carbonyl (C=O) groups excluding carboxylic acids is 1. The number of amides is 1. The molecule has 0 atom stereocenters. The maximum atomic E-state index is 12.5. The van der Waals surface area contributed by atoms with Crippen LogP contribution in [0.1, 0.15) is 0 Å². The highest BCUT2D eigenvalue weighted by atomic mass is 32.2. The first-order valence-electron chi connectivity index (χ1n) is 9.13. The van der Waals surface area contributed by atoms with E-state index in [1.54, 1.807) is 44.8 Å². The molecule has 0 fully saturated rings. The quantitative estimate of drug-likeness (QED) is 0.491. The number of rotatable bonds is 10. The molecule has 30 heavy (non-hydrogen) atoms. The van der Waals surface area contributed by atoms with Crippen LogP contribution in [0.3, 0.4) is 0 Å². The number of pyridine rings is 1. The molecule has 0 aliphatic carbocycles. The van der Waals surface area contributed by atoms with E-state index >= 15 is 0 Å². The van der Waals surface area contributed by atoms with E-state index in [0.29, 0.717) is 41.3 Å². The van der Waals surface area contributed by atoms with E-state index in [0.717, 1.165) is 5.56 Å². The van der Waals surface area contributed by atoms with Crippen LogP contribution in [0.4, 0.5) is 5.69 Å². The Hall–Kier alpha value is -3.11. The molecule has 0 unspecified atom stereocenters. The van der Waals surface area contributed by atoms with E-state index in [4.69, 9.17) is 14.2 Å². The molecule has 2 heterocycles. The number of ether oxygens (including phenoxy) is 3. The van der Waals surface area contributed by atoms with Crippen molar-refractivity contribution in [3.8, 4) is 22.9 Å². The fourth-order valence-corrected chi connectivity index (χ4v) is 3.48. The van der Waals surface area contributed by atoms with Gasteiger partial charge in [0.05, 0.1) is 38.8 Å². The molecule has 1 N–H and O–H groups in total. The number of thioether (sulfide) groups is 1. The van der Waals surface area contributed by atoms with Crippen molar-refractivity contribution >= 4 is 23.4 Å². The number of nitrogens with zero attached hydrogens (tertiary/aromatic N) is 4. The van der Waals surface area contributed by atoms with Crippen LogP contribution in [0.15, 0.2) is 47.9 Å². The average molecular weight is 430 g/mol. The van der Waals surface area contributed by atoms with E-state index in [-0.39, 0.29) is 11.7 Å². The molecule has 158 valence electrons. The van der Waals surface area contributed by atoms with Crippen LogP contribution in [0.5, 0.6) is 11.5 Å². The maximum absolute atomic E-state index is 12.5. The predicted molar refractivity (Wildman–Crippen MR) is 114 cm³/mol. The number of nitrogens with one attached hydrogen (secondary N) is 1. The summed E-state index contributed by atoms with van der Waals surface area (Å²) in [5.74, 6) is 1.85. The van der Waals surface area contributed by atoms with Gasteiger partial charge in [0.2, 0.25) is 5.91 Å². The van der Waals surface area contributed by atoms with Crippen molar-refractivity contribution in [1.82, 2.24) is 19.7 Å². The van der Waals surface area contributed by atoms with Gasteiger partial charge in [0.1, 0.15) is 11.5 Å². The summed E-state index contributed by atoms with van der Waals surface area (Å²) in [5, 5.41) is 12.0. The highest BCUT2D eigenvalue weighted by Gasteiger charge is 2.16. The minimum atomic E-state index is -0.185. The van der Waals surface area contributed by atoms with E-state index in [9.17, 15) is 4.79 Å². The zero-order valence-electron chi connectivity index (χ0n) is 17.0. The third-order valence-corrected chi connectivity index (χ3v) is 5.16. The van der Waals surface area contributed by atoms with Crippen molar-refractivity contribution in [2.75, 3.05) is 39.0 Å². The number of hydrogen-bond donors (Lipinski definition) is 1. The largest absolute Gasteiger partial charge is 0.497 e. The molecule has 0 radical (unpaired) electrons. The Morgan fingerprint density at radius 1 is 1.10 bits per heavy atom. The second kappa shape index (κ2) is 10.6. The lowest BCUT2D eigenvalue weighted by Crippen LogP contribution is -2.15. The Morgan fingerprint density at radius 3 is 2.60 bits per heavy atom. The molecule has 0 bridgehead atoms. The summed E-state index contributed by atoms with van der Waals surface area (Å²) in [7, 11) is 4.75. The van der Waals surface area contributed by atoms with Crippen molar-refractivity contribution in [3.63, 3.8) is 0 Å². The van der Waals surface area contributed by atoms with Gasteiger partial charge in [0, 0.05) is 31.1 Å². The fraction of sp³-hybridized carbons (Fsp3) is 0.300. The van der Waals surface area contributed by atoms with Gasteiger partial charge in [-0.25, -0.2) is 0 Å². The van der Waals surface area contributed by atoms with Crippen molar-refractivity contribution in [1.29, 1.82) is 0 Å². The summed E-state index contributed by atoms with van der Waals surface area (Å²) in [6.45, 7) is 1.07. The summed E-state index contributed by atoms with van der Waals surface area (Å²) in [4.78, 5) is 16.5. The second-order valence-corrected chi connectivity index (χ2v) is 7.03. The molecule has 3 aromatic rings. The van der Waals surface area contributed by atoms with Gasteiger partial charge in [0.25, 0.3) is 0 Å². The maximum Gasteiger partial charge on any atom is 0.234 e. The van der Waals surface area contributed by atoms with Crippen LogP contribution < -0.4 is 14.8 Å². The number of anilines is 1. The third-order valence-electron chi connectivity index (χ3n) is 4.19. The van der Waals surface area contributed by atoms with E-state index in [2.05, 4.69) is 20.5 Å². The van der Waals surface area contributed by atoms with Gasteiger partial charge in [-0.1, -0.05) is 11.8 Å². The fourth-order valence-electron chi connectivity index (χ4n) is 2.71. The molecule has 0 saturated carbocycles. The number of hydrogen-bond acceptors (Lipinski definition) is 8. The molecule has 0 aliphatic heterocycles. The predicted octanol–water partition coefficient (Wildman–Crippen LogP) is 2.73. The molecule has 10 heteroatoms. The lowest BCUT2D eigenvalue weighted by atomic mass is 10.2. The van der Waals surface area contributed by atoms with Gasteiger partial charge in [-0.2, -0.15) is 0 Å². The summed E-state index contributed by atoms with van der Waals surface area (Å²) < 4.78 is 17.6. The van der Waals surface area contributed by atoms with Gasteiger partial charge >= 0.3 is 0 Å². The molecular weight excluding hydrogens is 406 g/mol. The highest BCUT2D eigenvalue weighted by Crippen LogP contribution is 2.29. The first-order chi connectivity index (χ1) is 14.7. The minimum absolute atomic E-state index is 0.163. The average Bonchev–Trinajstić information content (AvgIpc) is 3.19. The SMILES string of the molecule is COCCn1c(SCC(=O)Nc2ccc(OC)cc2OC)nnc1-c1ccncc1. The smallest absolute Gasteiger partial charge is 0.234 e. The molecule has 0 saturated heterocycles. The Balaban J connectivity index is 1.71. The number of aromatic nitrogens is 4. The van der Waals surface area contributed by atoms with Gasteiger partial charge in [-0.3, -0.25) is 14.3 Å². The lowest BCUT2D eigenvalue weighted by molar-refractivity contribution is -0.113. The molecule has 2 aromatic heterocycles. The summed E-state index contributed by atoms with van der Waals surface area (Å²) >= 11 is 1.30. The van der Waals surface area contributed by atoms with Crippen molar-refractivity contribution in [2.24, 2.45) is 0 Å². The second-order valence-electron chi connectivity index (χ2n) is 6.09. The molecular formula is C20H23N5O4S. The van der Waals surface area contributed by atoms with Crippen molar-refractivity contribution < 1.29 is 19.0 Å². The summed E-state index contributed by atoms with van der Waals surface area (Å²) in [6, 6.07) is 8.94. The summed E-state index contributed by atoms with van der Waals surface area (Å²) in [6.07, 6.45) is 3.40. The first kappa shape index (κ1) is 21.6. The number of methoxy groups -OCH3 is 3. The summed E-state index contributed by atoms with van der Waals surface area (Å²) in [5.41, 5.74) is 1.47. The van der Waals surface area contributed by atoms with Crippen LogP contribution in [0, 0.1) is 0 Å². The monoisotopic (exact) mass is 429 g/mol. The van der Waals surface area contributed by atoms with Crippen LogP contribution in [0.2, 0.25) is 0 Å². The van der Waals surface area contributed by atoms with E-state index in [1.807, 2.05) is 16.7 Å². The zero-order chi connectivity index (χ0) is 21.3. The van der Waals surface area contributed by atoms with Crippen LogP contribution >= 0.6 is 11.8 Å². The highest BCUT2D eigenvalue weighted by molar-refractivity contribution is 7.99. The Morgan fingerprint density at radius 2 is 1.90 bits per heavy atom. The Bertz CT molecular complexity index is 981. The van der Waals surface area contributed by atoms with E-state index < -0.39 is 0 Å². The molecule has 9 nitrogen and oxygen atoms in total. The standard InChI is InChI=1S/C20H23N5O4S/c1-27-11-10-25-19(14-6-8-21-9-7-14)23-24-20(25)30-13-18(26)22-16-5-4-15(28-2)12-17(16)29-3/h4-9,12H,10-11,13H2,1-3H3,(H,22,26). The normalized spacial score (nSPS) is 10.6. The van der Waals surface area contributed by atoms with Crippen LogP contribution in [-0.4, -0.2) is 59.3 Å². The molecule has 0 spiro atoms. The van der Waals surface area contributed by atoms with Gasteiger partial charge in [-0.05, 0) is 24.3 Å². The Kier molecular flexibility index (Phi) is 7.63. The lowest BCUT2D eigenvalue weighted by Gasteiger charge is -2.12. The third kappa shape index (κ3) is 5.28. The molecule has 1 amide bonds. The van der Waals surface area contributed by atoms with Crippen LogP contribution in [-0.2, 0) is 16.1 Å². The van der Waals surface area contributed by atoms with Gasteiger partial charge in [0.15, 0.2) is 11.0 Å². The van der Waals surface area contributed by atoms with Gasteiger partial charge in [-0.15, -0.1) is 10.2 Å². The molecule has 1 aromatic carbocycles. The first-order valence-corrected chi connectivity index (χ1v) is 10.1. The van der Waals surface area contributed by atoms with Gasteiger partial charge < -0.3 is 19.5 Å². The number of benzene rings is 1. The minimum Gasteiger partial charge on any atom is -0.497 e.